The Hall–Kier alpha value is -3.89. The first-order valence-electron chi connectivity index (χ1n) is 7.90. The number of ketones is 1. The highest BCUT2D eigenvalue weighted by Gasteiger charge is 2.21. The molecular weight excluding hydrogens is 372 g/mol. The zero-order valence-electron chi connectivity index (χ0n) is 15.1. The summed E-state index contributed by atoms with van der Waals surface area (Å²) in [5.41, 5.74) is 8.75. The number of rotatable bonds is 7. The first-order valence-corrected chi connectivity index (χ1v) is 7.90. The van der Waals surface area contributed by atoms with Crippen LogP contribution >= 0.6 is 0 Å². The van der Waals surface area contributed by atoms with Crippen molar-refractivity contribution in [2.75, 3.05) is 18.9 Å². The maximum atomic E-state index is 12.3. The second-order valence-electron chi connectivity index (χ2n) is 5.74. The molecule has 1 heterocycles. The summed E-state index contributed by atoms with van der Waals surface area (Å²) in [5.74, 6) is -2.32. The van der Waals surface area contributed by atoms with Crippen LogP contribution in [-0.2, 0) is 23.6 Å². The molecule has 1 aromatic heterocycles. The highest BCUT2D eigenvalue weighted by molar-refractivity contribution is 6.02. The molecule has 2 rings (SSSR count). The van der Waals surface area contributed by atoms with Gasteiger partial charge in [-0.15, -0.1) is 0 Å². The number of esters is 1. The van der Waals surface area contributed by atoms with E-state index in [-0.39, 0.29) is 18.0 Å². The Balaban J connectivity index is 2.09. The summed E-state index contributed by atoms with van der Waals surface area (Å²) in [6.07, 6.45) is 0. The van der Waals surface area contributed by atoms with Gasteiger partial charge in [-0.25, -0.2) is 9.59 Å². The molecule has 0 radical (unpaired) electrons. The predicted octanol–water partition coefficient (Wildman–Crippen LogP) is -1.43. The SMILES string of the molecule is Cn1c(N)c(C(=O)COC(=O)c2ccc(OCC(N)=O)cc2)c(=O)n(C)c1=O. The van der Waals surface area contributed by atoms with Crippen LogP contribution in [0.4, 0.5) is 5.82 Å². The molecule has 0 aliphatic rings. The van der Waals surface area contributed by atoms with Crippen LogP contribution in [0.15, 0.2) is 33.9 Å². The van der Waals surface area contributed by atoms with E-state index in [1.165, 1.54) is 38.4 Å². The van der Waals surface area contributed by atoms with E-state index >= 15 is 0 Å². The van der Waals surface area contributed by atoms with E-state index in [9.17, 15) is 24.0 Å². The molecule has 0 bridgehead atoms. The number of amides is 1. The number of nitrogens with zero attached hydrogens (tertiary/aromatic N) is 2. The molecule has 0 saturated heterocycles. The third-order valence-corrected chi connectivity index (χ3v) is 3.79. The molecule has 11 nitrogen and oxygen atoms in total. The first-order chi connectivity index (χ1) is 13.1. The Labute approximate surface area is 158 Å². The second-order valence-corrected chi connectivity index (χ2v) is 5.74. The van der Waals surface area contributed by atoms with Crippen LogP contribution in [0.3, 0.4) is 0 Å². The Morgan fingerprint density at radius 1 is 1.00 bits per heavy atom. The number of carbonyl (C=O) groups excluding carboxylic acids is 3. The molecule has 0 saturated carbocycles. The van der Waals surface area contributed by atoms with Crippen LogP contribution in [0.25, 0.3) is 0 Å². The minimum atomic E-state index is -0.877. The lowest BCUT2D eigenvalue weighted by molar-refractivity contribution is -0.119. The Kier molecular flexibility index (Phi) is 5.98. The molecule has 11 heteroatoms. The average Bonchev–Trinajstić information content (AvgIpc) is 2.67. The van der Waals surface area contributed by atoms with Gasteiger partial charge in [-0.05, 0) is 24.3 Å². The van der Waals surface area contributed by atoms with Gasteiger partial charge in [0.05, 0.1) is 5.56 Å². The van der Waals surface area contributed by atoms with Crippen molar-refractivity contribution in [3.63, 3.8) is 0 Å². The smallest absolute Gasteiger partial charge is 0.338 e. The van der Waals surface area contributed by atoms with Gasteiger partial charge >= 0.3 is 11.7 Å². The average molecular weight is 390 g/mol. The minimum Gasteiger partial charge on any atom is -0.484 e. The lowest BCUT2D eigenvalue weighted by Crippen LogP contribution is -2.42. The van der Waals surface area contributed by atoms with Crippen molar-refractivity contribution in [2.45, 2.75) is 0 Å². The van der Waals surface area contributed by atoms with E-state index in [0.29, 0.717) is 5.75 Å². The van der Waals surface area contributed by atoms with Gasteiger partial charge in [0.15, 0.2) is 13.2 Å². The molecule has 0 atom stereocenters. The molecule has 1 amide bonds. The predicted molar refractivity (Wildman–Crippen MR) is 97.1 cm³/mol. The van der Waals surface area contributed by atoms with Gasteiger partial charge in [-0.2, -0.15) is 0 Å². The summed E-state index contributed by atoms with van der Waals surface area (Å²) in [4.78, 5) is 58.9. The standard InChI is InChI=1S/C17H18N4O7/c1-20-14(19)13(15(24)21(2)17(20)26)11(22)7-28-16(25)9-3-5-10(6-4-9)27-8-12(18)23/h3-6H,7-8,19H2,1-2H3,(H2,18,23). The summed E-state index contributed by atoms with van der Waals surface area (Å²) >= 11 is 0. The van der Waals surface area contributed by atoms with Gasteiger partial charge in [-0.3, -0.25) is 23.5 Å². The summed E-state index contributed by atoms with van der Waals surface area (Å²) in [6, 6.07) is 5.57. The zero-order valence-corrected chi connectivity index (χ0v) is 15.1. The number of anilines is 1. The Bertz CT molecular complexity index is 1050. The monoisotopic (exact) mass is 390 g/mol. The molecule has 0 fully saturated rings. The third-order valence-electron chi connectivity index (χ3n) is 3.79. The molecule has 2 aromatic rings. The fraction of sp³-hybridized carbons (Fsp3) is 0.235. The first kappa shape index (κ1) is 20.4. The van der Waals surface area contributed by atoms with E-state index in [4.69, 9.17) is 20.9 Å². The molecule has 0 aliphatic heterocycles. The van der Waals surface area contributed by atoms with Gasteiger partial charge in [0.1, 0.15) is 17.1 Å². The van der Waals surface area contributed by atoms with Crippen LogP contribution in [0.2, 0.25) is 0 Å². The number of primary amides is 1. The van der Waals surface area contributed by atoms with Crippen molar-refractivity contribution in [1.29, 1.82) is 0 Å². The van der Waals surface area contributed by atoms with Gasteiger partial charge in [0.25, 0.3) is 11.5 Å². The van der Waals surface area contributed by atoms with Crippen LogP contribution in [-0.4, -0.2) is 40.0 Å². The molecular formula is C17H18N4O7. The Morgan fingerprint density at radius 2 is 1.61 bits per heavy atom. The minimum absolute atomic E-state index is 0.112. The third kappa shape index (κ3) is 4.26. The molecule has 0 spiro atoms. The van der Waals surface area contributed by atoms with Gasteiger partial charge in [0, 0.05) is 14.1 Å². The fourth-order valence-corrected chi connectivity index (χ4v) is 2.25. The quantitative estimate of drug-likeness (QED) is 0.429. The normalized spacial score (nSPS) is 10.4. The molecule has 148 valence electrons. The maximum Gasteiger partial charge on any atom is 0.338 e. The Morgan fingerprint density at radius 3 is 2.18 bits per heavy atom. The van der Waals surface area contributed by atoms with Crippen molar-refractivity contribution in [2.24, 2.45) is 19.8 Å². The molecule has 4 N–H and O–H groups in total. The van der Waals surface area contributed by atoms with Crippen molar-refractivity contribution in [1.82, 2.24) is 9.13 Å². The lowest BCUT2D eigenvalue weighted by Gasteiger charge is -2.11. The highest BCUT2D eigenvalue weighted by atomic mass is 16.5. The van der Waals surface area contributed by atoms with Crippen molar-refractivity contribution in [3.8, 4) is 5.75 Å². The summed E-state index contributed by atoms with van der Waals surface area (Å²) in [7, 11) is 2.51. The van der Waals surface area contributed by atoms with Crippen molar-refractivity contribution in [3.05, 3.63) is 56.2 Å². The van der Waals surface area contributed by atoms with E-state index < -0.39 is 41.1 Å². The number of benzene rings is 1. The molecule has 1 aromatic carbocycles. The fourth-order valence-electron chi connectivity index (χ4n) is 2.25. The number of nitrogens with two attached hydrogens (primary N) is 2. The number of hydrogen-bond donors (Lipinski definition) is 2. The summed E-state index contributed by atoms with van der Waals surface area (Å²) in [5, 5.41) is 0. The summed E-state index contributed by atoms with van der Waals surface area (Å²) < 4.78 is 11.6. The molecule has 28 heavy (non-hydrogen) atoms. The zero-order chi connectivity index (χ0) is 21.0. The number of aromatic nitrogens is 2. The largest absolute Gasteiger partial charge is 0.484 e. The highest BCUT2D eigenvalue weighted by Crippen LogP contribution is 2.13. The van der Waals surface area contributed by atoms with Gasteiger partial charge < -0.3 is 20.9 Å². The van der Waals surface area contributed by atoms with E-state index in [0.717, 1.165) is 9.13 Å². The van der Waals surface area contributed by atoms with E-state index in [2.05, 4.69) is 0 Å². The topological polar surface area (TPSA) is 166 Å². The van der Waals surface area contributed by atoms with Crippen LogP contribution in [0.1, 0.15) is 20.7 Å². The number of Topliss-reactive ketones (excluding diaryl/α,β-unsaturated/α-hetero) is 1. The van der Waals surface area contributed by atoms with E-state index in [1.54, 1.807) is 0 Å². The van der Waals surface area contributed by atoms with Gasteiger partial charge in [0.2, 0.25) is 5.78 Å². The maximum absolute atomic E-state index is 12.3. The lowest BCUT2D eigenvalue weighted by atomic mass is 10.2. The molecule has 0 aliphatic carbocycles. The van der Waals surface area contributed by atoms with Crippen LogP contribution < -0.4 is 27.5 Å². The number of nitrogen functional groups attached to an aromatic ring is 1. The van der Waals surface area contributed by atoms with Gasteiger partial charge in [-0.1, -0.05) is 0 Å². The van der Waals surface area contributed by atoms with Crippen LogP contribution in [0.5, 0.6) is 5.75 Å². The van der Waals surface area contributed by atoms with E-state index in [1.807, 2.05) is 0 Å². The van der Waals surface area contributed by atoms with Crippen molar-refractivity contribution >= 4 is 23.5 Å². The summed E-state index contributed by atoms with van der Waals surface area (Å²) in [6.45, 7) is -1.05. The number of ether oxygens (including phenoxy) is 2. The van der Waals surface area contributed by atoms with Crippen LogP contribution in [0, 0.1) is 0 Å². The second kappa shape index (κ2) is 8.20. The number of hydrogen-bond acceptors (Lipinski definition) is 8. The molecule has 0 unspecified atom stereocenters. The van der Waals surface area contributed by atoms with Crippen molar-refractivity contribution < 1.29 is 23.9 Å². The number of carbonyl (C=O) groups is 3.